The minimum absolute atomic E-state index is 0.0241. The third-order valence-electron chi connectivity index (χ3n) is 3.92. The minimum atomic E-state index is 0.0241. The van der Waals surface area contributed by atoms with E-state index in [2.05, 4.69) is 31.3 Å². The van der Waals surface area contributed by atoms with Crippen molar-refractivity contribution in [2.24, 2.45) is 0 Å². The Morgan fingerprint density at radius 1 is 1.00 bits per heavy atom. The highest BCUT2D eigenvalue weighted by Crippen LogP contribution is 2.22. The van der Waals surface area contributed by atoms with E-state index in [1.807, 2.05) is 38.1 Å². The maximum atomic E-state index is 11.9. The van der Waals surface area contributed by atoms with Crippen LogP contribution < -0.4 is 10.1 Å². The lowest BCUT2D eigenvalue weighted by Crippen LogP contribution is -2.29. The molecule has 1 amide bonds. The molecule has 0 fully saturated rings. The van der Waals surface area contributed by atoms with E-state index in [0.29, 0.717) is 19.6 Å². The molecule has 1 N–H and O–H groups in total. The largest absolute Gasteiger partial charge is 0.491 e. The summed E-state index contributed by atoms with van der Waals surface area (Å²) < 4.78 is 5.78. The summed E-state index contributed by atoms with van der Waals surface area (Å²) in [7, 11) is 0. The van der Waals surface area contributed by atoms with Crippen LogP contribution in [0.2, 0.25) is 0 Å². The van der Waals surface area contributed by atoms with E-state index < -0.39 is 0 Å². The smallest absolute Gasteiger partial charge is 0.224 e. The van der Waals surface area contributed by atoms with Gasteiger partial charge in [-0.05, 0) is 56.0 Å². The second-order valence-corrected chi connectivity index (χ2v) is 6.07. The van der Waals surface area contributed by atoms with Gasteiger partial charge in [0.2, 0.25) is 5.91 Å². The summed E-state index contributed by atoms with van der Waals surface area (Å²) in [6.07, 6.45) is 0.407. The molecule has 23 heavy (non-hydrogen) atoms. The number of carbonyl (C=O) groups excluding carboxylic acids is 1. The number of amides is 1. The molecular weight excluding hydrogens is 286 g/mol. The molecule has 2 rings (SSSR count). The molecule has 0 aliphatic heterocycles. The minimum Gasteiger partial charge on any atom is -0.491 e. The van der Waals surface area contributed by atoms with Crippen molar-refractivity contribution >= 4 is 5.91 Å². The first kappa shape index (κ1) is 17.1. The molecule has 0 saturated carbocycles. The number of benzene rings is 2. The van der Waals surface area contributed by atoms with Crippen molar-refractivity contribution in [1.82, 2.24) is 5.32 Å². The van der Waals surface area contributed by atoms with Gasteiger partial charge in [-0.1, -0.05) is 35.9 Å². The predicted molar refractivity (Wildman–Crippen MR) is 94.0 cm³/mol. The molecule has 2 aromatic carbocycles. The molecule has 0 aromatic heterocycles. The van der Waals surface area contributed by atoms with Crippen LogP contribution in [0.3, 0.4) is 0 Å². The zero-order valence-corrected chi connectivity index (χ0v) is 14.4. The normalized spacial score (nSPS) is 10.4. The summed E-state index contributed by atoms with van der Waals surface area (Å²) in [6, 6.07) is 12.2. The van der Waals surface area contributed by atoms with E-state index in [4.69, 9.17) is 4.74 Å². The Balaban J connectivity index is 1.77. The summed E-state index contributed by atoms with van der Waals surface area (Å²) in [5, 5.41) is 2.90. The van der Waals surface area contributed by atoms with Gasteiger partial charge >= 0.3 is 0 Å². The molecule has 0 unspecified atom stereocenters. The number of nitrogens with one attached hydrogen (secondary N) is 1. The van der Waals surface area contributed by atoms with Crippen molar-refractivity contribution in [3.63, 3.8) is 0 Å². The second-order valence-electron chi connectivity index (χ2n) is 6.07. The first-order valence-corrected chi connectivity index (χ1v) is 7.98. The highest BCUT2D eigenvalue weighted by molar-refractivity contribution is 5.78. The fourth-order valence-electron chi connectivity index (χ4n) is 2.51. The van der Waals surface area contributed by atoms with E-state index in [1.54, 1.807) is 0 Å². The van der Waals surface area contributed by atoms with Crippen LogP contribution >= 0.6 is 0 Å². The number of hydrogen-bond donors (Lipinski definition) is 1. The van der Waals surface area contributed by atoms with Crippen LogP contribution in [0.1, 0.15) is 27.8 Å². The quantitative estimate of drug-likeness (QED) is 0.827. The number of aryl methyl sites for hydroxylation is 4. The van der Waals surface area contributed by atoms with E-state index >= 15 is 0 Å². The number of carbonyl (C=O) groups is 1. The van der Waals surface area contributed by atoms with E-state index in [1.165, 1.54) is 16.7 Å². The highest BCUT2D eigenvalue weighted by atomic mass is 16.5. The van der Waals surface area contributed by atoms with Gasteiger partial charge in [0.1, 0.15) is 12.4 Å². The van der Waals surface area contributed by atoms with E-state index in [-0.39, 0.29) is 5.91 Å². The lowest BCUT2D eigenvalue weighted by atomic mass is 10.1. The maximum Gasteiger partial charge on any atom is 0.224 e. The SMILES string of the molecule is Cc1cccc(CC(=O)NCCOc2cc(C)c(C)cc2C)c1. The Bertz CT molecular complexity index is 692. The van der Waals surface area contributed by atoms with Crippen LogP contribution in [0, 0.1) is 27.7 Å². The average molecular weight is 311 g/mol. The molecule has 0 atom stereocenters. The third-order valence-corrected chi connectivity index (χ3v) is 3.92. The van der Waals surface area contributed by atoms with Gasteiger partial charge in [0, 0.05) is 0 Å². The number of rotatable bonds is 6. The lowest BCUT2D eigenvalue weighted by molar-refractivity contribution is -0.120. The van der Waals surface area contributed by atoms with Gasteiger partial charge in [-0.25, -0.2) is 0 Å². The molecule has 0 aliphatic rings. The Kier molecular flexibility index (Phi) is 5.80. The molecule has 122 valence electrons. The third kappa shape index (κ3) is 5.13. The standard InChI is InChI=1S/C20H25NO2/c1-14-6-5-7-18(10-14)13-20(22)21-8-9-23-19-12-16(3)15(2)11-17(19)4/h5-7,10-12H,8-9,13H2,1-4H3,(H,21,22). The van der Waals surface area contributed by atoms with Gasteiger partial charge in [0.25, 0.3) is 0 Å². The Labute approximate surface area is 138 Å². The van der Waals surface area contributed by atoms with Crippen molar-refractivity contribution in [2.45, 2.75) is 34.1 Å². The molecule has 2 aromatic rings. The van der Waals surface area contributed by atoms with Crippen molar-refractivity contribution in [3.05, 3.63) is 64.2 Å². The molecule has 0 radical (unpaired) electrons. The summed E-state index contributed by atoms with van der Waals surface area (Å²) in [5.74, 6) is 0.914. The fraction of sp³-hybridized carbons (Fsp3) is 0.350. The summed E-state index contributed by atoms with van der Waals surface area (Å²) in [5.41, 5.74) is 5.81. The molecule has 0 aliphatic carbocycles. The van der Waals surface area contributed by atoms with Crippen molar-refractivity contribution in [2.75, 3.05) is 13.2 Å². The van der Waals surface area contributed by atoms with Crippen molar-refractivity contribution in [3.8, 4) is 5.75 Å². The zero-order chi connectivity index (χ0) is 16.8. The predicted octanol–water partition coefficient (Wildman–Crippen LogP) is 3.66. The van der Waals surface area contributed by atoms with Gasteiger partial charge in [0.05, 0.1) is 13.0 Å². The Hall–Kier alpha value is -2.29. The highest BCUT2D eigenvalue weighted by Gasteiger charge is 2.05. The number of ether oxygens (including phenoxy) is 1. The molecule has 0 heterocycles. The number of hydrogen-bond acceptors (Lipinski definition) is 2. The van der Waals surface area contributed by atoms with Gasteiger partial charge in [-0.2, -0.15) is 0 Å². The van der Waals surface area contributed by atoms with Crippen molar-refractivity contribution in [1.29, 1.82) is 0 Å². The Morgan fingerprint density at radius 2 is 1.74 bits per heavy atom. The first-order valence-electron chi connectivity index (χ1n) is 7.98. The van der Waals surface area contributed by atoms with Crippen LogP contribution in [0.4, 0.5) is 0 Å². The molecule has 3 nitrogen and oxygen atoms in total. The van der Waals surface area contributed by atoms with Crippen LogP contribution in [0.5, 0.6) is 5.75 Å². The average Bonchev–Trinajstić information content (AvgIpc) is 2.48. The zero-order valence-electron chi connectivity index (χ0n) is 14.4. The van der Waals surface area contributed by atoms with Crippen LogP contribution in [-0.4, -0.2) is 19.1 Å². The maximum absolute atomic E-state index is 11.9. The summed E-state index contributed by atoms with van der Waals surface area (Å²) in [4.78, 5) is 11.9. The summed E-state index contributed by atoms with van der Waals surface area (Å²) in [6.45, 7) is 9.22. The van der Waals surface area contributed by atoms with Crippen LogP contribution in [-0.2, 0) is 11.2 Å². The molecule has 0 bridgehead atoms. The van der Waals surface area contributed by atoms with Gasteiger partial charge in [-0.15, -0.1) is 0 Å². The first-order chi connectivity index (χ1) is 11.0. The second kappa shape index (κ2) is 7.82. The lowest BCUT2D eigenvalue weighted by Gasteiger charge is -2.12. The Morgan fingerprint density at radius 3 is 2.48 bits per heavy atom. The molecule has 0 spiro atoms. The van der Waals surface area contributed by atoms with Crippen LogP contribution in [0.15, 0.2) is 36.4 Å². The topological polar surface area (TPSA) is 38.3 Å². The van der Waals surface area contributed by atoms with Crippen LogP contribution in [0.25, 0.3) is 0 Å². The monoisotopic (exact) mass is 311 g/mol. The fourth-order valence-corrected chi connectivity index (χ4v) is 2.51. The van der Waals surface area contributed by atoms with E-state index in [0.717, 1.165) is 16.9 Å². The van der Waals surface area contributed by atoms with Gasteiger partial charge in [0.15, 0.2) is 0 Å². The summed E-state index contributed by atoms with van der Waals surface area (Å²) >= 11 is 0. The molecular formula is C20H25NO2. The van der Waals surface area contributed by atoms with Gasteiger partial charge < -0.3 is 10.1 Å². The molecule has 0 saturated heterocycles. The molecule has 3 heteroatoms. The van der Waals surface area contributed by atoms with Gasteiger partial charge in [-0.3, -0.25) is 4.79 Å². The van der Waals surface area contributed by atoms with Crippen molar-refractivity contribution < 1.29 is 9.53 Å². The van der Waals surface area contributed by atoms with E-state index in [9.17, 15) is 4.79 Å².